The molecule has 1 aliphatic heterocycles. The Kier molecular flexibility index (Phi) is 7.68. The fraction of sp³-hybridized carbons (Fsp3) is 0.167. The molecule has 2 aromatic heterocycles. The van der Waals surface area contributed by atoms with Crippen molar-refractivity contribution in [2.75, 3.05) is 10.6 Å². The molecule has 0 amide bonds. The van der Waals surface area contributed by atoms with Crippen molar-refractivity contribution >= 4 is 95.1 Å². The molecule has 0 unspecified atom stereocenters. The zero-order chi connectivity index (χ0) is 36.0. The smallest absolute Gasteiger partial charge is 0.117 e. The molecule has 1 aliphatic carbocycles. The largest absolute Gasteiger partial charge is 0.398 e. The Morgan fingerprint density at radius 3 is 2.38 bits per heavy atom. The van der Waals surface area contributed by atoms with Crippen molar-refractivity contribution in [3.63, 3.8) is 0 Å². The third-order valence-corrected chi connectivity index (χ3v) is 13.6. The lowest BCUT2D eigenvalue weighted by Gasteiger charge is -2.34. The van der Waals surface area contributed by atoms with E-state index in [1.165, 1.54) is 74.1 Å². The number of hydrogen-bond acceptors (Lipinski definition) is 4. The molecule has 256 valence electrons. The molecule has 2 N–H and O–H groups in total. The van der Waals surface area contributed by atoms with Crippen LogP contribution in [0.2, 0.25) is 0 Å². The normalized spacial score (nSPS) is 13.3. The van der Waals surface area contributed by atoms with E-state index in [1.807, 2.05) is 22.7 Å². The van der Waals surface area contributed by atoms with Crippen molar-refractivity contribution in [3.8, 4) is 33.4 Å². The first-order chi connectivity index (χ1) is 25.9. The van der Waals surface area contributed by atoms with Crippen LogP contribution in [0.5, 0.6) is 0 Å². The third-order valence-electron chi connectivity index (χ3n) is 11.2. The Morgan fingerprint density at radius 1 is 0.698 bits per heavy atom. The highest BCUT2D eigenvalue weighted by atomic mass is 32.1. The van der Waals surface area contributed by atoms with Crippen molar-refractivity contribution in [1.82, 2.24) is 0 Å². The number of allylic oxidation sites excluding steroid dienone is 1. The van der Waals surface area contributed by atoms with E-state index < -0.39 is 0 Å². The van der Waals surface area contributed by atoms with Crippen molar-refractivity contribution in [2.24, 2.45) is 0 Å². The van der Waals surface area contributed by atoms with Gasteiger partial charge in [0.05, 0.1) is 5.69 Å². The van der Waals surface area contributed by atoms with Gasteiger partial charge in [-0.25, -0.2) is 0 Å². The van der Waals surface area contributed by atoms with Gasteiger partial charge in [0.15, 0.2) is 0 Å². The number of hydrogen-bond donors (Lipinski definition) is 1. The van der Waals surface area contributed by atoms with Crippen LogP contribution in [0.15, 0.2) is 103 Å². The van der Waals surface area contributed by atoms with E-state index in [0.29, 0.717) is 0 Å². The monoisotopic (exact) mass is 718 g/mol. The summed E-state index contributed by atoms with van der Waals surface area (Å²) in [7, 11) is 7.49. The molecular formula is C48H39BN2S2. The number of unbranched alkanes of at least 4 members (excludes halogenated alkanes) is 1. The predicted molar refractivity (Wildman–Crippen MR) is 235 cm³/mol. The van der Waals surface area contributed by atoms with E-state index >= 15 is 0 Å². The second-order valence-corrected chi connectivity index (χ2v) is 17.1. The van der Waals surface area contributed by atoms with Gasteiger partial charge in [-0.05, 0) is 133 Å². The van der Waals surface area contributed by atoms with Crippen molar-refractivity contribution in [1.29, 1.82) is 0 Å². The van der Waals surface area contributed by atoms with Gasteiger partial charge >= 0.3 is 0 Å². The van der Waals surface area contributed by atoms with Crippen LogP contribution in [0.3, 0.4) is 0 Å². The van der Waals surface area contributed by atoms with Crippen LogP contribution in [-0.4, -0.2) is 7.85 Å². The molecule has 2 aliphatic rings. The maximum absolute atomic E-state index is 7.49. The van der Waals surface area contributed by atoms with E-state index in [2.05, 4.69) is 135 Å². The Hall–Kier alpha value is -5.10. The molecule has 6 aromatic carbocycles. The summed E-state index contributed by atoms with van der Waals surface area (Å²) in [4.78, 5) is 3.92. The number of benzene rings is 6. The van der Waals surface area contributed by atoms with Gasteiger partial charge in [0, 0.05) is 63.3 Å². The van der Waals surface area contributed by atoms with Gasteiger partial charge < -0.3 is 10.6 Å². The van der Waals surface area contributed by atoms with Gasteiger partial charge in [-0.1, -0.05) is 79.0 Å². The highest BCUT2D eigenvalue weighted by Gasteiger charge is 2.30. The first kappa shape index (κ1) is 32.5. The van der Waals surface area contributed by atoms with Crippen LogP contribution < -0.4 is 16.1 Å². The standard InChI is InChI=1S/C48H39BN2S2/c1-4-5-10-29-22-36(33-19-27(2)15-17-40(33)50)47-37(23-29)38-20-28(3)21-42(48(38)49)51(30-16-18-45-34(24-30)31-11-6-8-13-43(31)52-45)41-25-35-32-12-7-9-14-44(32)53-46(35)26-39(41)47/h6-7,9,11-12,14-26H,4-5,8,10,13,50H2,1-3H3. The molecular weight excluding hydrogens is 679 g/mol. The molecule has 3 heterocycles. The maximum Gasteiger partial charge on any atom is 0.117 e. The minimum Gasteiger partial charge on any atom is -0.398 e. The van der Waals surface area contributed by atoms with E-state index in [-0.39, 0.29) is 0 Å². The zero-order valence-electron chi connectivity index (χ0n) is 30.3. The van der Waals surface area contributed by atoms with E-state index in [0.717, 1.165) is 77.0 Å². The summed E-state index contributed by atoms with van der Waals surface area (Å²) in [6.07, 6.45) is 10.1. The average Bonchev–Trinajstić information content (AvgIpc) is 3.73. The molecule has 2 bridgehead atoms. The Morgan fingerprint density at radius 2 is 1.51 bits per heavy atom. The first-order valence-corrected chi connectivity index (χ1v) is 20.4. The van der Waals surface area contributed by atoms with Crippen molar-refractivity contribution < 1.29 is 0 Å². The molecule has 0 saturated carbocycles. The zero-order valence-corrected chi connectivity index (χ0v) is 32.0. The highest BCUT2D eigenvalue weighted by molar-refractivity contribution is 7.25. The lowest BCUT2D eigenvalue weighted by Crippen LogP contribution is -2.23. The number of thiophene rings is 2. The van der Waals surface area contributed by atoms with Crippen LogP contribution in [0, 0.1) is 13.8 Å². The number of fused-ring (bicyclic) bond motifs is 12. The lowest BCUT2D eigenvalue weighted by molar-refractivity contribution is 0.795. The number of anilines is 4. The molecule has 0 saturated heterocycles. The number of nitrogens with two attached hydrogens (primary N) is 1. The minimum atomic E-state index is 0.785. The van der Waals surface area contributed by atoms with Gasteiger partial charge in [0.1, 0.15) is 7.85 Å². The first-order valence-electron chi connectivity index (χ1n) is 18.8. The van der Waals surface area contributed by atoms with Crippen molar-refractivity contribution in [3.05, 3.63) is 130 Å². The summed E-state index contributed by atoms with van der Waals surface area (Å²) in [6, 6.07) is 36.5. The van der Waals surface area contributed by atoms with Gasteiger partial charge in [-0.15, -0.1) is 22.7 Å². The van der Waals surface area contributed by atoms with Crippen LogP contribution in [0.25, 0.3) is 69.7 Å². The third kappa shape index (κ3) is 5.20. The quantitative estimate of drug-likeness (QED) is 0.142. The maximum atomic E-state index is 7.49. The number of nitrogens with zero attached hydrogens (tertiary/aromatic N) is 1. The van der Waals surface area contributed by atoms with Crippen LogP contribution in [-0.2, 0) is 12.8 Å². The number of nitrogen functional groups attached to an aromatic ring is 1. The summed E-state index contributed by atoms with van der Waals surface area (Å²) in [5.74, 6) is 0. The molecule has 2 nitrogen and oxygen atoms in total. The second kappa shape index (κ2) is 12.5. The summed E-state index contributed by atoms with van der Waals surface area (Å²) in [5.41, 5.74) is 23.6. The lowest BCUT2D eigenvalue weighted by atomic mass is 9.76. The fourth-order valence-corrected chi connectivity index (χ4v) is 11.0. The van der Waals surface area contributed by atoms with Crippen LogP contribution >= 0.6 is 22.7 Å². The molecule has 0 atom stereocenters. The molecule has 10 rings (SSSR count). The van der Waals surface area contributed by atoms with Gasteiger partial charge in [0.2, 0.25) is 0 Å². The summed E-state index contributed by atoms with van der Waals surface area (Å²) in [6.45, 7) is 6.62. The molecule has 53 heavy (non-hydrogen) atoms. The SMILES string of the molecule is [B]c1c2cc(C)cc1N(c1ccc3sc4c(c3c1)C=CCC4)c1cc3c(cc1-c1c(-c4cc(C)ccc4N)cc(CCCC)cc1-2)sc1ccccc13. The second-order valence-electron chi connectivity index (χ2n) is 14.9. The van der Waals surface area contributed by atoms with Crippen molar-refractivity contribution in [2.45, 2.75) is 52.9 Å². The van der Waals surface area contributed by atoms with Gasteiger partial charge in [-0.2, -0.15) is 0 Å². The average molecular weight is 719 g/mol. The predicted octanol–water partition coefficient (Wildman–Crippen LogP) is 13.3. The van der Waals surface area contributed by atoms with E-state index in [1.54, 1.807) is 0 Å². The number of rotatable bonds is 5. The Bertz CT molecular complexity index is 2820. The fourth-order valence-electron chi connectivity index (χ4n) is 8.66. The van der Waals surface area contributed by atoms with E-state index in [4.69, 9.17) is 13.6 Å². The molecule has 0 spiro atoms. The topological polar surface area (TPSA) is 29.3 Å². The summed E-state index contributed by atoms with van der Waals surface area (Å²) in [5, 5.41) is 3.85. The van der Waals surface area contributed by atoms with Crippen LogP contribution in [0.1, 0.15) is 53.3 Å². The van der Waals surface area contributed by atoms with Crippen LogP contribution in [0.4, 0.5) is 22.7 Å². The van der Waals surface area contributed by atoms with E-state index in [9.17, 15) is 0 Å². The molecule has 2 radical (unpaired) electrons. The summed E-state index contributed by atoms with van der Waals surface area (Å²) < 4.78 is 3.89. The Balaban J connectivity index is 1.37. The molecule has 0 fully saturated rings. The molecule has 8 aromatic rings. The van der Waals surface area contributed by atoms with Gasteiger partial charge in [0.25, 0.3) is 0 Å². The minimum absolute atomic E-state index is 0.785. The number of aryl methyl sites for hydroxylation is 4. The highest BCUT2D eigenvalue weighted by Crippen LogP contribution is 2.53. The Labute approximate surface area is 320 Å². The van der Waals surface area contributed by atoms with Gasteiger partial charge in [-0.3, -0.25) is 0 Å². The molecule has 5 heteroatoms. The summed E-state index contributed by atoms with van der Waals surface area (Å²) >= 11 is 3.80.